The standard InChI is InChI=1S/C15H26N2O/c1-4-17(11-12-18-5-2)15(13-16-3)14-9-7-6-8-10-14/h6-10,15-16H,4-5,11-13H2,1-3H3. The fourth-order valence-corrected chi connectivity index (χ4v) is 2.19. The normalized spacial score (nSPS) is 12.9. The Balaban J connectivity index is 2.68. The summed E-state index contributed by atoms with van der Waals surface area (Å²) in [6.45, 7) is 8.82. The van der Waals surface area contributed by atoms with Crippen LogP contribution in [-0.2, 0) is 4.74 Å². The molecule has 0 saturated carbocycles. The van der Waals surface area contributed by atoms with Crippen LogP contribution in [0.15, 0.2) is 30.3 Å². The van der Waals surface area contributed by atoms with Crippen molar-refractivity contribution in [2.24, 2.45) is 0 Å². The summed E-state index contributed by atoms with van der Waals surface area (Å²) in [4.78, 5) is 2.46. The molecule has 1 rings (SSSR count). The highest BCUT2D eigenvalue weighted by Crippen LogP contribution is 2.19. The Hall–Kier alpha value is -0.900. The zero-order valence-corrected chi connectivity index (χ0v) is 11.9. The average Bonchev–Trinajstić information content (AvgIpc) is 2.43. The molecule has 102 valence electrons. The number of hydrogen-bond donors (Lipinski definition) is 1. The Bertz CT molecular complexity index is 303. The van der Waals surface area contributed by atoms with Gasteiger partial charge >= 0.3 is 0 Å². The van der Waals surface area contributed by atoms with E-state index in [1.807, 2.05) is 14.0 Å². The summed E-state index contributed by atoms with van der Waals surface area (Å²) in [6.07, 6.45) is 0. The number of hydrogen-bond acceptors (Lipinski definition) is 3. The Morgan fingerprint density at radius 2 is 1.94 bits per heavy atom. The zero-order chi connectivity index (χ0) is 13.2. The van der Waals surface area contributed by atoms with E-state index in [-0.39, 0.29) is 0 Å². The summed E-state index contributed by atoms with van der Waals surface area (Å²) in [6, 6.07) is 11.1. The number of nitrogens with zero attached hydrogens (tertiary/aromatic N) is 1. The monoisotopic (exact) mass is 250 g/mol. The van der Waals surface area contributed by atoms with Gasteiger partial charge in [0, 0.05) is 25.7 Å². The topological polar surface area (TPSA) is 24.5 Å². The van der Waals surface area contributed by atoms with E-state index in [2.05, 4.69) is 47.5 Å². The van der Waals surface area contributed by atoms with E-state index in [1.54, 1.807) is 0 Å². The molecule has 3 heteroatoms. The minimum absolute atomic E-state index is 0.418. The van der Waals surface area contributed by atoms with Gasteiger partial charge in [0.25, 0.3) is 0 Å². The van der Waals surface area contributed by atoms with Crippen molar-refractivity contribution in [1.29, 1.82) is 0 Å². The molecule has 0 aliphatic rings. The molecule has 0 fully saturated rings. The van der Waals surface area contributed by atoms with Crippen LogP contribution in [0.5, 0.6) is 0 Å². The molecule has 0 saturated heterocycles. The Morgan fingerprint density at radius 1 is 1.22 bits per heavy atom. The van der Waals surface area contributed by atoms with Crippen LogP contribution >= 0.6 is 0 Å². The number of ether oxygens (including phenoxy) is 1. The maximum absolute atomic E-state index is 5.47. The fraction of sp³-hybridized carbons (Fsp3) is 0.600. The highest BCUT2D eigenvalue weighted by molar-refractivity contribution is 5.19. The molecule has 1 unspecified atom stereocenters. The minimum Gasteiger partial charge on any atom is -0.380 e. The van der Waals surface area contributed by atoms with Crippen LogP contribution in [0.1, 0.15) is 25.5 Å². The van der Waals surface area contributed by atoms with Crippen molar-refractivity contribution in [2.75, 3.05) is 39.9 Å². The maximum Gasteiger partial charge on any atom is 0.0593 e. The summed E-state index contributed by atoms with van der Waals surface area (Å²) in [5.74, 6) is 0. The molecule has 18 heavy (non-hydrogen) atoms. The van der Waals surface area contributed by atoms with Crippen molar-refractivity contribution in [3.63, 3.8) is 0 Å². The van der Waals surface area contributed by atoms with Gasteiger partial charge in [-0.25, -0.2) is 0 Å². The third-order valence-electron chi connectivity index (χ3n) is 3.16. The first-order valence-electron chi connectivity index (χ1n) is 6.84. The van der Waals surface area contributed by atoms with Crippen LogP contribution in [0.4, 0.5) is 0 Å². The van der Waals surface area contributed by atoms with Crippen LogP contribution in [0, 0.1) is 0 Å². The lowest BCUT2D eigenvalue weighted by atomic mass is 10.1. The first kappa shape index (κ1) is 15.2. The van der Waals surface area contributed by atoms with Gasteiger partial charge in [-0.05, 0) is 26.1 Å². The number of benzene rings is 1. The van der Waals surface area contributed by atoms with E-state index in [9.17, 15) is 0 Å². The molecule has 0 aliphatic carbocycles. The smallest absolute Gasteiger partial charge is 0.0593 e. The maximum atomic E-state index is 5.47. The quantitative estimate of drug-likeness (QED) is 0.681. The van der Waals surface area contributed by atoms with Gasteiger partial charge in [-0.15, -0.1) is 0 Å². The first-order chi connectivity index (χ1) is 8.83. The van der Waals surface area contributed by atoms with E-state index in [4.69, 9.17) is 4.74 Å². The predicted octanol–water partition coefficient (Wildman–Crippen LogP) is 2.31. The predicted molar refractivity (Wildman–Crippen MR) is 76.8 cm³/mol. The second kappa shape index (κ2) is 9.09. The Kier molecular flexibility index (Phi) is 7.65. The van der Waals surface area contributed by atoms with E-state index in [0.717, 1.165) is 32.8 Å². The highest BCUT2D eigenvalue weighted by atomic mass is 16.5. The molecule has 0 heterocycles. The summed E-state index contributed by atoms with van der Waals surface area (Å²) >= 11 is 0. The molecule has 1 atom stereocenters. The van der Waals surface area contributed by atoms with Crippen molar-refractivity contribution >= 4 is 0 Å². The van der Waals surface area contributed by atoms with E-state index < -0.39 is 0 Å². The molecule has 1 N–H and O–H groups in total. The van der Waals surface area contributed by atoms with Gasteiger partial charge in [0.15, 0.2) is 0 Å². The molecule has 3 nitrogen and oxygen atoms in total. The van der Waals surface area contributed by atoms with E-state index in [0.29, 0.717) is 6.04 Å². The SMILES string of the molecule is CCOCCN(CC)C(CNC)c1ccccc1. The number of rotatable bonds is 9. The second-order valence-corrected chi connectivity index (χ2v) is 4.31. The summed E-state index contributed by atoms with van der Waals surface area (Å²) in [7, 11) is 2.01. The molecule has 0 amide bonds. The van der Waals surface area contributed by atoms with Crippen molar-refractivity contribution in [3.8, 4) is 0 Å². The molecule has 1 aromatic rings. The first-order valence-corrected chi connectivity index (χ1v) is 6.84. The summed E-state index contributed by atoms with van der Waals surface area (Å²) in [5, 5.41) is 3.29. The molecular formula is C15H26N2O. The lowest BCUT2D eigenvalue weighted by molar-refractivity contribution is 0.0964. The Labute approximate surface area is 111 Å². The minimum atomic E-state index is 0.418. The molecule has 0 radical (unpaired) electrons. The van der Waals surface area contributed by atoms with Gasteiger partial charge in [-0.2, -0.15) is 0 Å². The van der Waals surface area contributed by atoms with Gasteiger partial charge in [-0.3, -0.25) is 4.90 Å². The van der Waals surface area contributed by atoms with Crippen LogP contribution in [-0.4, -0.2) is 44.8 Å². The van der Waals surface area contributed by atoms with Crippen molar-refractivity contribution in [1.82, 2.24) is 10.2 Å². The second-order valence-electron chi connectivity index (χ2n) is 4.31. The molecule has 0 bridgehead atoms. The average molecular weight is 250 g/mol. The molecule has 0 spiro atoms. The lowest BCUT2D eigenvalue weighted by Gasteiger charge is -2.31. The van der Waals surface area contributed by atoms with Gasteiger partial charge in [0.05, 0.1) is 6.61 Å². The van der Waals surface area contributed by atoms with Crippen LogP contribution in [0.2, 0.25) is 0 Å². The third kappa shape index (κ3) is 4.77. The van der Waals surface area contributed by atoms with E-state index in [1.165, 1.54) is 5.56 Å². The van der Waals surface area contributed by atoms with Gasteiger partial charge in [0.1, 0.15) is 0 Å². The van der Waals surface area contributed by atoms with Crippen LogP contribution < -0.4 is 5.32 Å². The van der Waals surface area contributed by atoms with Gasteiger partial charge in [0.2, 0.25) is 0 Å². The van der Waals surface area contributed by atoms with Crippen molar-refractivity contribution < 1.29 is 4.74 Å². The summed E-state index contributed by atoms with van der Waals surface area (Å²) < 4.78 is 5.47. The lowest BCUT2D eigenvalue weighted by Crippen LogP contribution is -2.37. The van der Waals surface area contributed by atoms with Gasteiger partial charge < -0.3 is 10.1 Å². The van der Waals surface area contributed by atoms with E-state index >= 15 is 0 Å². The Morgan fingerprint density at radius 3 is 2.50 bits per heavy atom. The van der Waals surface area contributed by atoms with Crippen LogP contribution in [0.3, 0.4) is 0 Å². The highest BCUT2D eigenvalue weighted by Gasteiger charge is 2.17. The summed E-state index contributed by atoms with van der Waals surface area (Å²) in [5.41, 5.74) is 1.37. The zero-order valence-electron chi connectivity index (χ0n) is 11.9. The van der Waals surface area contributed by atoms with Crippen molar-refractivity contribution in [3.05, 3.63) is 35.9 Å². The third-order valence-corrected chi connectivity index (χ3v) is 3.16. The fourth-order valence-electron chi connectivity index (χ4n) is 2.19. The number of nitrogens with one attached hydrogen (secondary N) is 1. The largest absolute Gasteiger partial charge is 0.380 e. The molecular weight excluding hydrogens is 224 g/mol. The molecule has 0 aliphatic heterocycles. The number of likely N-dealkylation sites (N-methyl/N-ethyl adjacent to an activating group) is 2. The molecule has 1 aromatic carbocycles. The molecule has 0 aromatic heterocycles. The van der Waals surface area contributed by atoms with Crippen molar-refractivity contribution in [2.45, 2.75) is 19.9 Å². The van der Waals surface area contributed by atoms with Crippen LogP contribution in [0.25, 0.3) is 0 Å². The van der Waals surface area contributed by atoms with Gasteiger partial charge in [-0.1, -0.05) is 37.3 Å².